The quantitative estimate of drug-likeness (QED) is 0.866. The minimum absolute atomic E-state index is 0.0281. The molecule has 4 rings (SSSR count). The molecule has 0 unspecified atom stereocenters. The van der Waals surface area contributed by atoms with Gasteiger partial charge < -0.3 is 9.42 Å². The van der Waals surface area contributed by atoms with E-state index < -0.39 is 6.03 Å². The molecule has 1 aromatic carbocycles. The van der Waals surface area contributed by atoms with Crippen LogP contribution in [0.2, 0.25) is 0 Å². The highest BCUT2D eigenvalue weighted by Gasteiger charge is 2.44. The van der Waals surface area contributed by atoms with Gasteiger partial charge in [-0.1, -0.05) is 41.9 Å². The highest BCUT2D eigenvalue weighted by Crippen LogP contribution is 2.47. The van der Waals surface area contributed by atoms with Crippen molar-refractivity contribution in [1.82, 2.24) is 20.4 Å². The largest absolute Gasteiger partial charge is 0.337 e. The lowest BCUT2D eigenvalue weighted by Gasteiger charge is -2.39. The van der Waals surface area contributed by atoms with Crippen LogP contribution in [0.5, 0.6) is 0 Å². The molecule has 1 saturated heterocycles. The average molecular weight is 312 g/mol. The van der Waals surface area contributed by atoms with E-state index in [2.05, 4.69) is 27.6 Å². The summed E-state index contributed by atoms with van der Waals surface area (Å²) in [5.74, 6) is 0.706. The Balaban J connectivity index is 1.58. The summed E-state index contributed by atoms with van der Waals surface area (Å²) in [6, 6.07) is 9.76. The van der Waals surface area contributed by atoms with Crippen molar-refractivity contribution in [1.29, 1.82) is 0 Å². The molecule has 2 heterocycles. The van der Waals surface area contributed by atoms with Crippen LogP contribution in [0.4, 0.5) is 4.79 Å². The maximum absolute atomic E-state index is 11.6. The second kappa shape index (κ2) is 5.19. The smallest absolute Gasteiger partial charge is 0.325 e. The van der Waals surface area contributed by atoms with Crippen molar-refractivity contribution in [2.24, 2.45) is 0 Å². The Bertz CT molecular complexity index is 752. The highest BCUT2D eigenvalue weighted by molar-refractivity contribution is 6.01. The van der Waals surface area contributed by atoms with E-state index in [1.807, 2.05) is 18.2 Å². The minimum atomic E-state index is -0.420. The van der Waals surface area contributed by atoms with Gasteiger partial charge in [-0.2, -0.15) is 4.98 Å². The molecule has 1 saturated carbocycles. The van der Waals surface area contributed by atoms with Crippen molar-refractivity contribution in [3.8, 4) is 0 Å². The van der Waals surface area contributed by atoms with Gasteiger partial charge in [-0.05, 0) is 18.4 Å². The van der Waals surface area contributed by atoms with Crippen LogP contribution in [0, 0.1) is 0 Å². The number of benzene rings is 1. The topological polar surface area (TPSA) is 88.3 Å². The van der Waals surface area contributed by atoms with Gasteiger partial charge in [0.1, 0.15) is 13.1 Å². The lowest BCUT2D eigenvalue weighted by molar-refractivity contribution is -0.118. The first-order chi connectivity index (χ1) is 11.2. The number of carbonyl (C=O) groups is 2. The Labute approximate surface area is 132 Å². The Morgan fingerprint density at radius 3 is 2.61 bits per heavy atom. The number of carbonyl (C=O) groups excluding carboxylic acids is 2. The molecule has 0 spiro atoms. The molecule has 2 aliphatic rings. The molecule has 1 aliphatic heterocycles. The Hall–Kier alpha value is -2.70. The molecule has 1 aliphatic carbocycles. The zero-order valence-corrected chi connectivity index (χ0v) is 12.5. The fraction of sp³-hybridized carbons (Fsp3) is 0.375. The number of aromatic nitrogens is 2. The monoisotopic (exact) mass is 312 g/mol. The number of nitrogens with one attached hydrogen (secondary N) is 1. The Morgan fingerprint density at radius 2 is 2.00 bits per heavy atom. The molecular formula is C16H16N4O3. The molecule has 7 nitrogen and oxygen atoms in total. The summed E-state index contributed by atoms with van der Waals surface area (Å²) in [7, 11) is 0. The van der Waals surface area contributed by atoms with Crippen LogP contribution in [0.3, 0.4) is 0 Å². The number of hydrogen-bond acceptors (Lipinski definition) is 5. The van der Waals surface area contributed by atoms with Gasteiger partial charge in [0.2, 0.25) is 11.8 Å². The molecule has 0 radical (unpaired) electrons. The van der Waals surface area contributed by atoms with E-state index in [0.717, 1.165) is 19.3 Å². The second-order valence-electron chi connectivity index (χ2n) is 6.02. The van der Waals surface area contributed by atoms with Gasteiger partial charge in [-0.25, -0.2) is 4.79 Å². The number of urea groups is 1. The normalized spacial score (nSPS) is 19.6. The zero-order valence-electron chi connectivity index (χ0n) is 12.5. The third-order valence-corrected chi connectivity index (χ3v) is 4.62. The number of nitrogens with zero attached hydrogens (tertiary/aromatic N) is 3. The molecule has 0 atom stereocenters. The third kappa shape index (κ3) is 2.28. The number of amides is 3. The fourth-order valence-electron chi connectivity index (χ4n) is 3.22. The lowest BCUT2D eigenvalue weighted by Crippen LogP contribution is -2.36. The van der Waals surface area contributed by atoms with Crippen molar-refractivity contribution in [2.75, 3.05) is 6.54 Å². The van der Waals surface area contributed by atoms with Gasteiger partial charge in [-0.3, -0.25) is 10.1 Å². The van der Waals surface area contributed by atoms with Gasteiger partial charge in [0.25, 0.3) is 0 Å². The molecule has 1 N–H and O–H groups in total. The standard InChI is InChI=1S/C16H16N4O3/c21-12-9-20(15(22)17-12)10-13-18-14(19-23-13)16(7-4-8-16)11-5-2-1-3-6-11/h1-3,5-6H,4,7-10H2,(H,17,21,22). The number of rotatable bonds is 4. The predicted molar refractivity (Wildman–Crippen MR) is 79.3 cm³/mol. The Morgan fingerprint density at radius 1 is 1.22 bits per heavy atom. The zero-order chi connectivity index (χ0) is 15.9. The minimum Gasteiger partial charge on any atom is -0.337 e. The molecule has 3 amide bonds. The van der Waals surface area contributed by atoms with Gasteiger partial charge >= 0.3 is 6.03 Å². The van der Waals surface area contributed by atoms with Crippen molar-refractivity contribution in [3.63, 3.8) is 0 Å². The van der Waals surface area contributed by atoms with E-state index in [1.165, 1.54) is 10.5 Å². The SMILES string of the molecule is O=C1CN(Cc2nc(C3(c4ccccc4)CCC3)no2)C(=O)N1. The molecule has 118 valence electrons. The van der Waals surface area contributed by atoms with Crippen LogP contribution in [0.1, 0.15) is 36.5 Å². The van der Waals surface area contributed by atoms with Gasteiger partial charge in [0.15, 0.2) is 5.82 Å². The maximum atomic E-state index is 11.6. The van der Waals surface area contributed by atoms with Crippen LogP contribution >= 0.6 is 0 Å². The number of hydrogen-bond donors (Lipinski definition) is 1. The first kappa shape index (κ1) is 13.9. The first-order valence-electron chi connectivity index (χ1n) is 7.65. The van der Waals surface area contributed by atoms with Crippen molar-refractivity contribution in [3.05, 3.63) is 47.6 Å². The summed E-state index contributed by atoms with van der Waals surface area (Å²) in [4.78, 5) is 28.7. The molecule has 2 fully saturated rings. The predicted octanol–water partition coefficient (Wildman–Crippen LogP) is 1.59. The third-order valence-electron chi connectivity index (χ3n) is 4.62. The van der Waals surface area contributed by atoms with Crippen molar-refractivity contribution < 1.29 is 14.1 Å². The second-order valence-corrected chi connectivity index (χ2v) is 6.02. The van der Waals surface area contributed by atoms with Gasteiger partial charge in [0, 0.05) is 0 Å². The van der Waals surface area contributed by atoms with E-state index in [4.69, 9.17) is 4.52 Å². The summed E-state index contributed by atoms with van der Waals surface area (Å²) in [6.07, 6.45) is 3.10. The molecule has 1 aromatic heterocycles. The molecule has 0 bridgehead atoms. The maximum Gasteiger partial charge on any atom is 0.325 e. The van der Waals surface area contributed by atoms with Crippen molar-refractivity contribution in [2.45, 2.75) is 31.2 Å². The molecule has 2 aromatic rings. The Kier molecular flexibility index (Phi) is 3.14. The van der Waals surface area contributed by atoms with Gasteiger partial charge in [0.05, 0.1) is 5.41 Å². The fourth-order valence-corrected chi connectivity index (χ4v) is 3.22. The number of imide groups is 1. The van der Waals surface area contributed by atoms with Crippen molar-refractivity contribution >= 4 is 11.9 Å². The lowest BCUT2D eigenvalue weighted by atomic mass is 9.64. The van der Waals surface area contributed by atoms with Crippen LogP contribution in [-0.4, -0.2) is 33.5 Å². The van der Waals surface area contributed by atoms with E-state index in [1.54, 1.807) is 0 Å². The van der Waals surface area contributed by atoms with E-state index in [-0.39, 0.29) is 24.4 Å². The molecule has 23 heavy (non-hydrogen) atoms. The average Bonchev–Trinajstić information content (AvgIpc) is 3.07. The van der Waals surface area contributed by atoms with Gasteiger partial charge in [-0.15, -0.1) is 0 Å². The summed E-state index contributed by atoms with van der Waals surface area (Å²) in [5.41, 5.74) is 0.999. The van der Waals surface area contributed by atoms with E-state index in [0.29, 0.717) is 11.7 Å². The van der Waals surface area contributed by atoms with E-state index in [9.17, 15) is 9.59 Å². The van der Waals surface area contributed by atoms with Crippen LogP contribution < -0.4 is 5.32 Å². The van der Waals surface area contributed by atoms with E-state index >= 15 is 0 Å². The van der Waals surface area contributed by atoms with Crippen LogP contribution in [0.15, 0.2) is 34.9 Å². The summed E-state index contributed by atoms with van der Waals surface area (Å²) >= 11 is 0. The van der Waals surface area contributed by atoms with Crippen LogP contribution in [-0.2, 0) is 16.8 Å². The summed E-state index contributed by atoms with van der Waals surface area (Å²) < 4.78 is 5.32. The molecular weight excluding hydrogens is 296 g/mol. The highest BCUT2D eigenvalue weighted by atomic mass is 16.5. The summed E-state index contributed by atoms with van der Waals surface area (Å²) in [6.45, 7) is 0.176. The van der Waals surface area contributed by atoms with Crippen LogP contribution in [0.25, 0.3) is 0 Å². The molecule has 7 heteroatoms. The first-order valence-corrected chi connectivity index (χ1v) is 7.65. The summed E-state index contributed by atoms with van der Waals surface area (Å²) in [5, 5.41) is 6.37.